The van der Waals surface area contributed by atoms with Crippen molar-refractivity contribution < 1.29 is 27.0 Å². The summed E-state index contributed by atoms with van der Waals surface area (Å²) in [4.78, 5) is -0.794. The monoisotopic (exact) mass is 355 g/mol. The molecule has 1 aliphatic rings. The Morgan fingerprint density at radius 1 is 1.21 bits per heavy atom. The molecule has 3 rings (SSSR count). The third-order valence-electron chi connectivity index (χ3n) is 3.75. The fourth-order valence-corrected chi connectivity index (χ4v) is 3.61. The van der Waals surface area contributed by atoms with E-state index < -0.39 is 32.7 Å². The van der Waals surface area contributed by atoms with E-state index in [0.29, 0.717) is 18.2 Å². The number of fused-ring (bicyclic) bond motifs is 1. The zero-order valence-electron chi connectivity index (χ0n) is 12.5. The number of nitrogens with one attached hydrogen (secondary N) is 1. The predicted octanol–water partition coefficient (Wildman–Crippen LogP) is 1.91. The van der Waals surface area contributed by atoms with Gasteiger partial charge in [0.05, 0.1) is 12.7 Å². The SMILES string of the molecule is O=S(=O)(NCC(O)c1ccc2c(c1)CCO2)c1cc(F)ccc1F. The number of sulfonamides is 1. The summed E-state index contributed by atoms with van der Waals surface area (Å²) in [6.07, 6.45) is -0.404. The third-order valence-corrected chi connectivity index (χ3v) is 5.19. The molecule has 0 amide bonds. The lowest BCUT2D eigenvalue weighted by Gasteiger charge is -2.14. The molecule has 2 aromatic rings. The van der Waals surface area contributed by atoms with Crippen molar-refractivity contribution in [3.63, 3.8) is 0 Å². The zero-order valence-corrected chi connectivity index (χ0v) is 13.3. The van der Waals surface area contributed by atoms with Crippen LogP contribution in [0.1, 0.15) is 17.2 Å². The van der Waals surface area contributed by atoms with E-state index in [4.69, 9.17) is 4.74 Å². The van der Waals surface area contributed by atoms with Crippen LogP contribution in [0.4, 0.5) is 8.78 Å². The Hall–Kier alpha value is -2.03. The van der Waals surface area contributed by atoms with Gasteiger partial charge < -0.3 is 9.84 Å². The summed E-state index contributed by atoms with van der Waals surface area (Å²) in [6, 6.07) is 7.24. The third kappa shape index (κ3) is 3.40. The van der Waals surface area contributed by atoms with Gasteiger partial charge >= 0.3 is 0 Å². The second kappa shape index (κ2) is 6.46. The van der Waals surface area contributed by atoms with Crippen molar-refractivity contribution >= 4 is 10.0 Å². The normalized spacial score (nSPS) is 15.0. The second-order valence-electron chi connectivity index (χ2n) is 5.41. The maximum Gasteiger partial charge on any atom is 0.243 e. The van der Waals surface area contributed by atoms with E-state index >= 15 is 0 Å². The molecular weight excluding hydrogens is 340 g/mol. The first-order chi connectivity index (χ1) is 11.4. The van der Waals surface area contributed by atoms with Crippen molar-refractivity contribution in [2.75, 3.05) is 13.2 Å². The van der Waals surface area contributed by atoms with Crippen LogP contribution in [0.3, 0.4) is 0 Å². The van der Waals surface area contributed by atoms with Crippen molar-refractivity contribution in [2.24, 2.45) is 0 Å². The topological polar surface area (TPSA) is 75.6 Å². The number of aliphatic hydroxyl groups is 1. The molecule has 8 heteroatoms. The van der Waals surface area contributed by atoms with E-state index in [-0.39, 0.29) is 6.54 Å². The van der Waals surface area contributed by atoms with Gasteiger partial charge in [0, 0.05) is 13.0 Å². The number of halogens is 2. The molecule has 0 spiro atoms. The van der Waals surface area contributed by atoms with Crippen molar-refractivity contribution in [1.82, 2.24) is 4.72 Å². The van der Waals surface area contributed by atoms with E-state index in [1.54, 1.807) is 18.2 Å². The van der Waals surface area contributed by atoms with E-state index in [2.05, 4.69) is 4.72 Å². The highest BCUT2D eigenvalue weighted by Crippen LogP contribution is 2.28. The molecule has 2 N–H and O–H groups in total. The molecule has 0 saturated carbocycles. The lowest BCUT2D eigenvalue weighted by atomic mass is 10.0. The van der Waals surface area contributed by atoms with Crippen molar-refractivity contribution in [3.8, 4) is 5.75 Å². The Kier molecular flexibility index (Phi) is 4.53. The minimum Gasteiger partial charge on any atom is -0.493 e. The van der Waals surface area contributed by atoms with Gasteiger partial charge in [0.15, 0.2) is 0 Å². The maximum absolute atomic E-state index is 13.6. The van der Waals surface area contributed by atoms with E-state index in [1.807, 2.05) is 0 Å². The standard InChI is InChI=1S/C16H15F2NO4S/c17-12-2-3-13(18)16(8-12)24(21,22)19-9-14(20)10-1-4-15-11(7-10)5-6-23-15/h1-4,7-8,14,19-20H,5-6,9H2. The van der Waals surface area contributed by atoms with Gasteiger partial charge in [0.2, 0.25) is 10.0 Å². The molecule has 128 valence electrons. The molecule has 1 heterocycles. The number of rotatable bonds is 5. The van der Waals surface area contributed by atoms with Crippen LogP contribution in [0, 0.1) is 11.6 Å². The highest BCUT2D eigenvalue weighted by atomic mass is 32.2. The summed E-state index contributed by atoms with van der Waals surface area (Å²) in [5, 5.41) is 10.2. The fourth-order valence-electron chi connectivity index (χ4n) is 2.48. The Morgan fingerprint density at radius 3 is 2.79 bits per heavy atom. The maximum atomic E-state index is 13.6. The largest absolute Gasteiger partial charge is 0.493 e. The van der Waals surface area contributed by atoms with Gasteiger partial charge in [-0.3, -0.25) is 0 Å². The second-order valence-corrected chi connectivity index (χ2v) is 7.14. The first kappa shape index (κ1) is 16.8. The molecule has 24 heavy (non-hydrogen) atoms. The van der Waals surface area contributed by atoms with Gasteiger partial charge in [-0.25, -0.2) is 21.9 Å². The van der Waals surface area contributed by atoms with Gasteiger partial charge in [0.1, 0.15) is 22.3 Å². The van der Waals surface area contributed by atoms with Crippen molar-refractivity contribution in [3.05, 3.63) is 59.2 Å². The lowest BCUT2D eigenvalue weighted by molar-refractivity contribution is 0.182. The van der Waals surface area contributed by atoms with Crippen LogP contribution in [0.5, 0.6) is 5.75 Å². The van der Waals surface area contributed by atoms with E-state index in [1.165, 1.54) is 0 Å². The predicted molar refractivity (Wildman–Crippen MR) is 82.1 cm³/mol. The summed E-state index contributed by atoms with van der Waals surface area (Å²) >= 11 is 0. The molecule has 1 aliphatic heterocycles. The van der Waals surface area contributed by atoms with Crippen LogP contribution >= 0.6 is 0 Å². The van der Waals surface area contributed by atoms with Gasteiger partial charge in [-0.1, -0.05) is 6.07 Å². The van der Waals surface area contributed by atoms with Crippen molar-refractivity contribution in [2.45, 2.75) is 17.4 Å². The molecule has 0 saturated heterocycles. The Balaban J connectivity index is 1.73. The summed E-state index contributed by atoms with van der Waals surface area (Å²) in [5.41, 5.74) is 1.45. The number of hydrogen-bond acceptors (Lipinski definition) is 4. The average Bonchev–Trinajstić information content (AvgIpc) is 3.02. The number of ether oxygens (including phenoxy) is 1. The van der Waals surface area contributed by atoms with Crippen LogP contribution in [-0.2, 0) is 16.4 Å². The van der Waals surface area contributed by atoms with Crippen molar-refractivity contribution in [1.29, 1.82) is 0 Å². The Labute approximate surface area is 137 Å². The zero-order chi connectivity index (χ0) is 17.3. The lowest BCUT2D eigenvalue weighted by Crippen LogP contribution is -2.29. The molecule has 2 aromatic carbocycles. The van der Waals surface area contributed by atoms with E-state index in [0.717, 1.165) is 29.9 Å². The highest BCUT2D eigenvalue weighted by Gasteiger charge is 2.22. The summed E-state index contributed by atoms with van der Waals surface area (Å²) in [5.74, 6) is -1.18. The average molecular weight is 355 g/mol. The van der Waals surface area contributed by atoms with Crippen LogP contribution in [0.25, 0.3) is 0 Å². The molecule has 0 fully saturated rings. The highest BCUT2D eigenvalue weighted by molar-refractivity contribution is 7.89. The fraction of sp³-hybridized carbons (Fsp3) is 0.250. The molecule has 0 bridgehead atoms. The summed E-state index contributed by atoms with van der Waals surface area (Å²) in [7, 11) is -4.28. The van der Waals surface area contributed by atoms with Crippen LogP contribution in [-0.4, -0.2) is 26.7 Å². The molecular formula is C16H15F2NO4S. The quantitative estimate of drug-likeness (QED) is 0.859. The minimum absolute atomic E-state index is 0.363. The van der Waals surface area contributed by atoms with Gasteiger partial charge in [-0.05, 0) is 41.5 Å². The molecule has 1 atom stereocenters. The summed E-state index contributed by atoms with van der Waals surface area (Å²) in [6.45, 7) is 0.207. The number of hydrogen-bond donors (Lipinski definition) is 2. The first-order valence-corrected chi connectivity index (χ1v) is 8.73. The Bertz CT molecular complexity index is 870. The van der Waals surface area contributed by atoms with Crippen LogP contribution < -0.4 is 9.46 Å². The Morgan fingerprint density at radius 2 is 2.00 bits per heavy atom. The van der Waals surface area contributed by atoms with E-state index in [9.17, 15) is 22.3 Å². The number of aliphatic hydroxyl groups excluding tert-OH is 1. The minimum atomic E-state index is -4.28. The molecule has 0 aromatic heterocycles. The molecule has 5 nitrogen and oxygen atoms in total. The number of benzene rings is 2. The van der Waals surface area contributed by atoms with Gasteiger partial charge in [0.25, 0.3) is 0 Å². The first-order valence-electron chi connectivity index (χ1n) is 7.25. The molecule has 0 aliphatic carbocycles. The van der Waals surface area contributed by atoms with Gasteiger partial charge in [-0.15, -0.1) is 0 Å². The smallest absolute Gasteiger partial charge is 0.243 e. The molecule has 0 radical (unpaired) electrons. The van der Waals surface area contributed by atoms with Crippen LogP contribution in [0.15, 0.2) is 41.3 Å². The van der Waals surface area contributed by atoms with Gasteiger partial charge in [-0.2, -0.15) is 0 Å². The molecule has 1 unspecified atom stereocenters. The summed E-state index contributed by atoms with van der Waals surface area (Å²) < 4.78 is 58.4. The van der Waals surface area contributed by atoms with Crippen LogP contribution in [0.2, 0.25) is 0 Å².